The molecule has 10 heteroatoms. The number of benzene rings is 2. The maximum absolute atomic E-state index is 12.2. The topological polar surface area (TPSA) is 89.0 Å². The van der Waals surface area contributed by atoms with Crippen LogP contribution in [-0.4, -0.2) is 30.3 Å². The Hall–Kier alpha value is -1.94. The van der Waals surface area contributed by atoms with Crippen molar-refractivity contribution in [1.29, 1.82) is 0 Å². The highest BCUT2D eigenvalue weighted by Gasteiger charge is 2.19. The van der Waals surface area contributed by atoms with Crippen molar-refractivity contribution in [1.82, 2.24) is 10.2 Å². The molecule has 0 radical (unpaired) electrons. The first-order chi connectivity index (χ1) is 13.9. The van der Waals surface area contributed by atoms with Gasteiger partial charge in [-0.05, 0) is 23.3 Å². The SMILES string of the molecule is O=C(CS(=O)(=O)Cc1ccc(Cl)cc1)Nc1nnc(CSCc2ccccc2)s1. The second-order valence-corrected chi connectivity index (χ2v) is 10.7. The molecular weight excluding hydrogens is 450 g/mol. The van der Waals surface area contributed by atoms with Gasteiger partial charge in [-0.25, -0.2) is 8.42 Å². The van der Waals surface area contributed by atoms with Crippen molar-refractivity contribution in [3.63, 3.8) is 0 Å². The van der Waals surface area contributed by atoms with Crippen molar-refractivity contribution < 1.29 is 13.2 Å². The molecule has 152 valence electrons. The van der Waals surface area contributed by atoms with Gasteiger partial charge in [-0.2, -0.15) is 0 Å². The molecule has 1 aromatic heterocycles. The molecule has 29 heavy (non-hydrogen) atoms. The van der Waals surface area contributed by atoms with E-state index in [1.165, 1.54) is 16.9 Å². The Kier molecular flexibility index (Phi) is 7.65. The van der Waals surface area contributed by atoms with Crippen LogP contribution in [0.15, 0.2) is 54.6 Å². The average molecular weight is 468 g/mol. The molecule has 3 rings (SSSR count). The summed E-state index contributed by atoms with van der Waals surface area (Å²) in [5.41, 5.74) is 1.80. The Bertz CT molecular complexity index is 1060. The number of sulfone groups is 1. The Morgan fingerprint density at radius 3 is 2.45 bits per heavy atom. The number of anilines is 1. The third-order valence-corrected chi connectivity index (χ3v) is 7.46. The normalized spacial score (nSPS) is 11.3. The molecule has 0 spiro atoms. The van der Waals surface area contributed by atoms with Crippen LogP contribution in [-0.2, 0) is 31.9 Å². The summed E-state index contributed by atoms with van der Waals surface area (Å²) < 4.78 is 24.5. The number of carbonyl (C=O) groups is 1. The maximum Gasteiger partial charge on any atom is 0.241 e. The minimum Gasteiger partial charge on any atom is -0.300 e. The van der Waals surface area contributed by atoms with Gasteiger partial charge in [-0.3, -0.25) is 10.1 Å². The van der Waals surface area contributed by atoms with Crippen LogP contribution in [0, 0.1) is 0 Å². The summed E-state index contributed by atoms with van der Waals surface area (Å²) in [4.78, 5) is 12.1. The molecule has 1 amide bonds. The summed E-state index contributed by atoms with van der Waals surface area (Å²) in [5.74, 6) is 0.0451. The largest absolute Gasteiger partial charge is 0.300 e. The second kappa shape index (κ2) is 10.2. The van der Waals surface area contributed by atoms with E-state index in [-0.39, 0.29) is 5.75 Å². The van der Waals surface area contributed by atoms with Crippen molar-refractivity contribution in [2.75, 3.05) is 11.1 Å². The predicted molar refractivity (Wildman–Crippen MR) is 119 cm³/mol. The third kappa shape index (κ3) is 7.43. The van der Waals surface area contributed by atoms with Gasteiger partial charge < -0.3 is 0 Å². The van der Waals surface area contributed by atoms with E-state index in [1.54, 1.807) is 36.0 Å². The number of thioether (sulfide) groups is 1. The van der Waals surface area contributed by atoms with Gasteiger partial charge in [-0.15, -0.1) is 22.0 Å². The molecule has 0 saturated heterocycles. The van der Waals surface area contributed by atoms with Crippen LogP contribution in [0.4, 0.5) is 5.13 Å². The van der Waals surface area contributed by atoms with E-state index in [9.17, 15) is 13.2 Å². The number of nitrogens with one attached hydrogen (secondary N) is 1. The number of hydrogen-bond donors (Lipinski definition) is 1. The number of nitrogens with zero attached hydrogens (tertiary/aromatic N) is 2. The molecule has 0 aliphatic carbocycles. The van der Waals surface area contributed by atoms with E-state index in [1.807, 2.05) is 18.2 Å². The summed E-state index contributed by atoms with van der Waals surface area (Å²) in [6.07, 6.45) is 0. The molecule has 0 saturated carbocycles. The van der Waals surface area contributed by atoms with Crippen molar-refractivity contribution in [2.45, 2.75) is 17.3 Å². The number of carbonyl (C=O) groups excluding carboxylic acids is 1. The van der Waals surface area contributed by atoms with E-state index >= 15 is 0 Å². The van der Waals surface area contributed by atoms with Gasteiger partial charge in [0, 0.05) is 16.5 Å². The number of hydrogen-bond acceptors (Lipinski definition) is 7. The molecule has 0 atom stereocenters. The molecule has 1 N–H and O–H groups in total. The number of halogens is 1. The van der Waals surface area contributed by atoms with Crippen LogP contribution in [0.3, 0.4) is 0 Å². The Balaban J connectivity index is 1.47. The van der Waals surface area contributed by atoms with Crippen LogP contribution in [0.2, 0.25) is 5.02 Å². The fraction of sp³-hybridized carbons (Fsp3) is 0.211. The van der Waals surface area contributed by atoms with Gasteiger partial charge in [0.2, 0.25) is 11.0 Å². The summed E-state index contributed by atoms with van der Waals surface area (Å²) in [6.45, 7) is 0. The van der Waals surface area contributed by atoms with Gasteiger partial charge in [0.1, 0.15) is 10.8 Å². The Morgan fingerprint density at radius 1 is 1.00 bits per heavy atom. The highest BCUT2D eigenvalue weighted by atomic mass is 35.5. The minimum absolute atomic E-state index is 0.227. The van der Waals surface area contributed by atoms with E-state index in [2.05, 4.69) is 27.6 Å². The lowest BCUT2D eigenvalue weighted by atomic mass is 10.2. The van der Waals surface area contributed by atoms with Gasteiger partial charge >= 0.3 is 0 Å². The van der Waals surface area contributed by atoms with Gasteiger partial charge in [-0.1, -0.05) is 65.4 Å². The summed E-state index contributed by atoms with van der Waals surface area (Å²) >= 11 is 8.73. The first-order valence-corrected chi connectivity index (χ1v) is 12.8. The van der Waals surface area contributed by atoms with Crippen molar-refractivity contribution in [3.8, 4) is 0 Å². The number of amides is 1. The fourth-order valence-electron chi connectivity index (χ4n) is 2.43. The molecule has 2 aromatic carbocycles. The van der Waals surface area contributed by atoms with E-state index in [0.29, 0.717) is 21.5 Å². The maximum atomic E-state index is 12.2. The summed E-state index contributed by atoms with van der Waals surface area (Å²) in [7, 11) is -3.61. The second-order valence-electron chi connectivity index (χ2n) is 6.19. The molecule has 1 heterocycles. The van der Waals surface area contributed by atoms with Crippen molar-refractivity contribution in [2.24, 2.45) is 0 Å². The standard InChI is InChI=1S/C19H18ClN3O3S3/c20-16-8-6-15(7-9-16)12-29(25,26)13-17(24)21-19-23-22-18(28-19)11-27-10-14-4-2-1-3-5-14/h1-9H,10-13H2,(H,21,23,24). The molecular formula is C19H18ClN3O3S3. The predicted octanol–water partition coefficient (Wildman–Crippen LogP) is 4.18. The average Bonchev–Trinajstić information content (AvgIpc) is 3.11. The zero-order valence-corrected chi connectivity index (χ0v) is 18.5. The van der Waals surface area contributed by atoms with Gasteiger partial charge in [0.15, 0.2) is 9.84 Å². The highest BCUT2D eigenvalue weighted by Crippen LogP contribution is 2.22. The molecule has 0 bridgehead atoms. The first-order valence-electron chi connectivity index (χ1n) is 8.58. The zero-order valence-electron chi connectivity index (χ0n) is 15.2. The van der Waals surface area contributed by atoms with E-state index in [0.717, 1.165) is 10.8 Å². The fourth-order valence-corrected chi connectivity index (χ4v) is 5.63. The van der Waals surface area contributed by atoms with Gasteiger partial charge in [0.25, 0.3) is 0 Å². The molecule has 0 unspecified atom stereocenters. The molecule has 3 aromatic rings. The van der Waals surface area contributed by atoms with Crippen LogP contribution in [0.1, 0.15) is 16.1 Å². The summed E-state index contributed by atoms with van der Waals surface area (Å²) in [5, 5.41) is 12.1. The highest BCUT2D eigenvalue weighted by molar-refractivity contribution is 7.97. The Morgan fingerprint density at radius 2 is 1.72 bits per heavy atom. The lowest BCUT2D eigenvalue weighted by Gasteiger charge is -2.04. The van der Waals surface area contributed by atoms with Gasteiger partial charge in [0.05, 0.1) is 5.75 Å². The van der Waals surface area contributed by atoms with Crippen LogP contribution in [0.25, 0.3) is 0 Å². The van der Waals surface area contributed by atoms with E-state index in [4.69, 9.17) is 11.6 Å². The first kappa shape index (κ1) is 21.8. The van der Waals surface area contributed by atoms with Crippen LogP contribution in [0.5, 0.6) is 0 Å². The zero-order chi connectivity index (χ0) is 20.7. The number of rotatable bonds is 9. The summed E-state index contributed by atoms with van der Waals surface area (Å²) in [6, 6.07) is 16.6. The lowest BCUT2D eigenvalue weighted by Crippen LogP contribution is -2.23. The monoisotopic (exact) mass is 467 g/mol. The van der Waals surface area contributed by atoms with Crippen LogP contribution >= 0.6 is 34.7 Å². The molecule has 0 aliphatic heterocycles. The Labute approximate surface area is 182 Å². The molecule has 0 fully saturated rings. The third-order valence-electron chi connectivity index (χ3n) is 3.70. The lowest BCUT2D eigenvalue weighted by molar-refractivity contribution is -0.113. The minimum atomic E-state index is -3.61. The van der Waals surface area contributed by atoms with Crippen LogP contribution < -0.4 is 5.32 Å². The number of aromatic nitrogens is 2. The van der Waals surface area contributed by atoms with Crippen molar-refractivity contribution >= 4 is 55.6 Å². The van der Waals surface area contributed by atoms with Crippen molar-refractivity contribution in [3.05, 3.63) is 75.8 Å². The van der Waals surface area contributed by atoms with E-state index < -0.39 is 21.5 Å². The smallest absolute Gasteiger partial charge is 0.241 e. The molecule has 6 nitrogen and oxygen atoms in total. The quantitative estimate of drug-likeness (QED) is 0.507. The molecule has 0 aliphatic rings.